The topological polar surface area (TPSA) is 81.6 Å². The molecule has 4 N–H and O–H groups in total. The average molecular weight is 269 g/mol. The Bertz CT molecular complexity index is 427. The Morgan fingerprint density at radius 1 is 1.67 bits per heavy atom. The van der Waals surface area contributed by atoms with E-state index in [0.29, 0.717) is 10.6 Å². The Balaban J connectivity index is 2.11. The standard InChI is InChI=1S/C12H19N3O2S/c1-2-15(7-8-4-3-5-17-8)10-6-9(13)11(18-10)12(14)16/h6,8H,2-5,7,13H2,1H3,(H2,14,16). The van der Waals surface area contributed by atoms with Crippen LogP contribution >= 0.6 is 11.3 Å². The fourth-order valence-corrected chi connectivity index (χ4v) is 3.15. The van der Waals surface area contributed by atoms with Crippen molar-refractivity contribution in [3.8, 4) is 0 Å². The lowest BCUT2D eigenvalue weighted by Crippen LogP contribution is -2.31. The molecule has 1 aliphatic heterocycles. The highest BCUT2D eigenvalue weighted by atomic mass is 32.1. The predicted molar refractivity (Wildman–Crippen MR) is 74.1 cm³/mol. The van der Waals surface area contributed by atoms with Crippen molar-refractivity contribution in [2.45, 2.75) is 25.9 Å². The maximum atomic E-state index is 11.2. The van der Waals surface area contributed by atoms with Gasteiger partial charge in [-0.1, -0.05) is 0 Å². The molecule has 1 amide bonds. The number of primary amides is 1. The zero-order chi connectivity index (χ0) is 13.1. The van der Waals surface area contributed by atoms with Crippen molar-refractivity contribution in [2.24, 2.45) is 5.73 Å². The van der Waals surface area contributed by atoms with E-state index in [0.717, 1.165) is 37.5 Å². The minimum atomic E-state index is -0.461. The average Bonchev–Trinajstić information content (AvgIpc) is 2.94. The van der Waals surface area contributed by atoms with Crippen molar-refractivity contribution in [3.05, 3.63) is 10.9 Å². The zero-order valence-corrected chi connectivity index (χ0v) is 11.3. The molecule has 1 fully saturated rings. The van der Waals surface area contributed by atoms with E-state index < -0.39 is 5.91 Å². The van der Waals surface area contributed by atoms with E-state index in [2.05, 4.69) is 11.8 Å². The van der Waals surface area contributed by atoms with Gasteiger partial charge in [0.05, 0.1) is 16.8 Å². The van der Waals surface area contributed by atoms with Crippen LogP contribution in [0.15, 0.2) is 6.07 Å². The van der Waals surface area contributed by atoms with Crippen LogP contribution in [-0.2, 0) is 4.74 Å². The Hall–Kier alpha value is -1.27. The lowest BCUT2D eigenvalue weighted by Gasteiger charge is -2.24. The lowest BCUT2D eigenvalue weighted by atomic mass is 10.2. The van der Waals surface area contributed by atoms with Gasteiger partial charge in [0.25, 0.3) is 5.91 Å². The van der Waals surface area contributed by atoms with Crippen LogP contribution in [0.4, 0.5) is 10.7 Å². The number of nitrogens with two attached hydrogens (primary N) is 2. The van der Waals surface area contributed by atoms with E-state index in [9.17, 15) is 4.79 Å². The van der Waals surface area contributed by atoms with E-state index in [-0.39, 0.29) is 6.10 Å². The molecule has 1 atom stereocenters. The summed E-state index contributed by atoms with van der Waals surface area (Å²) in [4.78, 5) is 13.8. The van der Waals surface area contributed by atoms with Crippen LogP contribution in [-0.4, -0.2) is 31.7 Å². The highest BCUT2D eigenvalue weighted by molar-refractivity contribution is 7.18. The molecule has 0 aliphatic carbocycles. The smallest absolute Gasteiger partial charge is 0.260 e. The summed E-state index contributed by atoms with van der Waals surface area (Å²) in [5, 5.41) is 0.985. The molecule has 0 radical (unpaired) electrons. The SMILES string of the molecule is CCN(CC1CCCO1)c1cc(N)c(C(N)=O)s1. The molecule has 6 heteroatoms. The first kappa shape index (κ1) is 13.2. The Morgan fingerprint density at radius 2 is 2.44 bits per heavy atom. The van der Waals surface area contributed by atoms with Gasteiger partial charge < -0.3 is 21.1 Å². The predicted octanol–water partition coefficient (Wildman–Crippen LogP) is 1.43. The summed E-state index contributed by atoms with van der Waals surface area (Å²) in [6, 6.07) is 1.82. The first-order chi connectivity index (χ1) is 8.61. The largest absolute Gasteiger partial charge is 0.397 e. The normalized spacial score (nSPS) is 19.1. The molecular weight excluding hydrogens is 250 g/mol. The van der Waals surface area contributed by atoms with Crippen LogP contribution in [0, 0.1) is 0 Å². The summed E-state index contributed by atoms with van der Waals surface area (Å²) >= 11 is 1.35. The summed E-state index contributed by atoms with van der Waals surface area (Å²) in [6.45, 7) is 4.63. The van der Waals surface area contributed by atoms with Crippen molar-refractivity contribution >= 4 is 27.9 Å². The van der Waals surface area contributed by atoms with Gasteiger partial charge in [0.1, 0.15) is 4.88 Å². The summed E-state index contributed by atoms with van der Waals surface area (Å²) in [5.41, 5.74) is 11.5. The summed E-state index contributed by atoms with van der Waals surface area (Å²) in [5.74, 6) is -0.461. The molecule has 0 spiro atoms. The van der Waals surface area contributed by atoms with Gasteiger partial charge in [-0.25, -0.2) is 0 Å². The second-order valence-corrected chi connectivity index (χ2v) is 5.44. The van der Waals surface area contributed by atoms with E-state index in [1.165, 1.54) is 11.3 Å². The molecular formula is C12H19N3O2S. The number of carbonyl (C=O) groups is 1. The number of carbonyl (C=O) groups excluding carboxylic acids is 1. The van der Waals surface area contributed by atoms with E-state index >= 15 is 0 Å². The number of likely N-dealkylation sites (N-methyl/N-ethyl adjacent to an activating group) is 1. The van der Waals surface area contributed by atoms with Gasteiger partial charge in [0.2, 0.25) is 0 Å². The van der Waals surface area contributed by atoms with Gasteiger partial charge >= 0.3 is 0 Å². The molecule has 1 aromatic heterocycles. The molecule has 1 saturated heterocycles. The van der Waals surface area contributed by atoms with Crippen molar-refractivity contribution < 1.29 is 9.53 Å². The third kappa shape index (κ3) is 2.76. The zero-order valence-electron chi connectivity index (χ0n) is 10.5. The van der Waals surface area contributed by atoms with Crippen LogP contribution in [0.5, 0.6) is 0 Å². The lowest BCUT2D eigenvalue weighted by molar-refractivity contribution is 0.100. The van der Waals surface area contributed by atoms with Gasteiger partial charge in [-0.05, 0) is 25.8 Å². The molecule has 0 aromatic carbocycles. The monoisotopic (exact) mass is 269 g/mol. The summed E-state index contributed by atoms with van der Waals surface area (Å²) in [6.07, 6.45) is 2.51. The number of nitrogen functional groups attached to an aromatic ring is 1. The van der Waals surface area contributed by atoms with Crippen molar-refractivity contribution in [1.29, 1.82) is 0 Å². The molecule has 0 bridgehead atoms. The number of nitrogens with zero attached hydrogens (tertiary/aromatic N) is 1. The summed E-state index contributed by atoms with van der Waals surface area (Å²) in [7, 11) is 0. The molecule has 2 heterocycles. The maximum absolute atomic E-state index is 11.2. The number of ether oxygens (including phenoxy) is 1. The molecule has 1 aliphatic rings. The minimum Gasteiger partial charge on any atom is -0.397 e. The number of anilines is 2. The van der Waals surface area contributed by atoms with Crippen molar-refractivity contribution in [3.63, 3.8) is 0 Å². The Labute approximate surface area is 111 Å². The first-order valence-electron chi connectivity index (χ1n) is 6.17. The van der Waals surface area contributed by atoms with E-state index in [1.807, 2.05) is 6.07 Å². The van der Waals surface area contributed by atoms with Crippen LogP contribution < -0.4 is 16.4 Å². The quantitative estimate of drug-likeness (QED) is 0.847. The number of hydrogen-bond donors (Lipinski definition) is 2. The van der Waals surface area contributed by atoms with Gasteiger partial charge in [-0.3, -0.25) is 4.79 Å². The fraction of sp³-hybridized carbons (Fsp3) is 0.583. The van der Waals surface area contributed by atoms with Gasteiger partial charge in [-0.15, -0.1) is 11.3 Å². The molecule has 1 unspecified atom stereocenters. The number of rotatable bonds is 5. The molecule has 5 nitrogen and oxygen atoms in total. The van der Waals surface area contributed by atoms with Crippen LogP contribution in [0.2, 0.25) is 0 Å². The van der Waals surface area contributed by atoms with Crippen molar-refractivity contribution in [1.82, 2.24) is 0 Å². The number of hydrogen-bond acceptors (Lipinski definition) is 5. The van der Waals surface area contributed by atoms with Crippen LogP contribution in [0.3, 0.4) is 0 Å². The molecule has 18 heavy (non-hydrogen) atoms. The second kappa shape index (κ2) is 5.58. The molecule has 2 rings (SSSR count). The van der Waals surface area contributed by atoms with E-state index in [4.69, 9.17) is 16.2 Å². The van der Waals surface area contributed by atoms with Crippen LogP contribution in [0.25, 0.3) is 0 Å². The van der Waals surface area contributed by atoms with E-state index in [1.54, 1.807) is 0 Å². The third-order valence-electron chi connectivity index (χ3n) is 3.11. The Morgan fingerprint density at radius 3 is 2.94 bits per heavy atom. The highest BCUT2D eigenvalue weighted by Crippen LogP contribution is 2.32. The highest BCUT2D eigenvalue weighted by Gasteiger charge is 2.21. The van der Waals surface area contributed by atoms with Gasteiger partial charge in [0.15, 0.2) is 0 Å². The maximum Gasteiger partial charge on any atom is 0.260 e. The fourth-order valence-electron chi connectivity index (χ4n) is 2.15. The number of thiophene rings is 1. The number of amides is 1. The molecule has 1 aromatic rings. The van der Waals surface area contributed by atoms with Gasteiger partial charge in [-0.2, -0.15) is 0 Å². The molecule has 0 saturated carbocycles. The van der Waals surface area contributed by atoms with Crippen molar-refractivity contribution in [2.75, 3.05) is 30.3 Å². The van der Waals surface area contributed by atoms with Gasteiger partial charge in [0, 0.05) is 19.7 Å². The molecule has 100 valence electrons. The van der Waals surface area contributed by atoms with Crippen LogP contribution in [0.1, 0.15) is 29.4 Å². The third-order valence-corrected chi connectivity index (χ3v) is 4.34. The summed E-state index contributed by atoms with van der Waals surface area (Å²) < 4.78 is 5.63. The second-order valence-electron chi connectivity index (χ2n) is 4.41. The Kier molecular flexibility index (Phi) is 4.08. The minimum absolute atomic E-state index is 0.283. The first-order valence-corrected chi connectivity index (χ1v) is 6.99.